The third kappa shape index (κ3) is 4.00. The molecule has 0 spiro atoms. The number of aromatic amines is 1. The number of nitrogens with zero attached hydrogens (tertiary/aromatic N) is 2. The Labute approximate surface area is 149 Å². The van der Waals surface area contributed by atoms with Gasteiger partial charge in [-0.05, 0) is 31.3 Å². The van der Waals surface area contributed by atoms with Gasteiger partial charge in [0.2, 0.25) is 5.91 Å². The minimum Gasteiger partial charge on any atom is -0.350 e. The van der Waals surface area contributed by atoms with Crippen LogP contribution in [0.3, 0.4) is 0 Å². The Morgan fingerprint density at radius 1 is 1.28 bits per heavy atom. The molecule has 25 heavy (non-hydrogen) atoms. The van der Waals surface area contributed by atoms with Gasteiger partial charge in [-0.25, -0.2) is 4.39 Å². The lowest BCUT2D eigenvalue weighted by Crippen LogP contribution is -2.27. The van der Waals surface area contributed by atoms with Crippen LogP contribution in [0, 0.1) is 17.5 Å². The summed E-state index contributed by atoms with van der Waals surface area (Å²) in [6.07, 6.45) is 0. The first-order valence-electron chi connectivity index (χ1n) is 7.77. The van der Waals surface area contributed by atoms with E-state index >= 15 is 0 Å². The Hall–Kier alpha value is -2.80. The van der Waals surface area contributed by atoms with Gasteiger partial charge in [-0.1, -0.05) is 42.0 Å². The van der Waals surface area contributed by atoms with E-state index < -0.39 is 0 Å². The molecule has 3 rings (SSSR count). The van der Waals surface area contributed by atoms with Crippen LogP contribution >= 0.6 is 12.2 Å². The number of aryl methyl sites for hydroxylation is 1. The standard InChI is InChI=1S/C18H17FN4OS/c1-12-5-4-7-13(9-12)17-21-22-18(25)23(17)11-16(24)20-10-14-6-2-3-8-15(14)19/h2-9H,10-11H2,1H3,(H,20,24)(H,22,25). The summed E-state index contributed by atoms with van der Waals surface area (Å²) in [5.41, 5.74) is 2.39. The Balaban J connectivity index is 1.75. The SMILES string of the molecule is Cc1cccc(-c2n[nH]c(=S)n2CC(=O)NCc2ccccc2F)c1. The number of aromatic nitrogens is 3. The second-order valence-corrected chi connectivity index (χ2v) is 6.06. The van der Waals surface area contributed by atoms with E-state index in [1.807, 2.05) is 31.2 Å². The Kier molecular flexibility index (Phi) is 5.04. The zero-order valence-electron chi connectivity index (χ0n) is 13.6. The molecule has 0 bridgehead atoms. The molecule has 0 atom stereocenters. The summed E-state index contributed by atoms with van der Waals surface area (Å²) in [5.74, 6) is -0.0208. The topological polar surface area (TPSA) is 62.7 Å². The zero-order chi connectivity index (χ0) is 17.8. The summed E-state index contributed by atoms with van der Waals surface area (Å²) in [6, 6.07) is 14.1. The fourth-order valence-electron chi connectivity index (χ4n) is 2.50. The van der Waals surface area contributed by atoms with E-state index in [-0.39, 0.29) is 24.8 Å². The number of rotatable bonds is 5. The molecule has 0 fully saturated rings. The second kappa shape index (κ2) is 7.40. The van der Waals surface area contributed by atoms with Crippen LogP contribution in [0.25, 0.3) is 11.4 Å². The number of carbonyl (C=O) groups excluding carboxylic acids is 1. The van der Waals surface area contributed by atoms with Gasteiger partial charge in [0, 0.05) is 17.7 Å². The predicted molar refractivity (Wildman–Crippen MR) is 95.8 cm³/mol. The maximum Gasteiger partial charge on any atom is 0.240 e. The molecule has 1 aromatic heterocycles. The van der Waals surface area contributed by atoms with Crippen molar-refractivity contribution in [1.82, 2.24) is 20.1 Å². The minimum absolute atomic E-state index is 0.00701. The lowest BCUT2D eigenvalue weighted by molar-refractivity contribution is -0.121. The molecule has 1 heterocycles. The highest BCUT2D eigenvalue weighted by molar-refractivity contribution is 7.71. The van der Waals surface area contributed by atoms with E-state index in [1.165, 1.54) is 6.07 Å². The molecule has 128 valence electrons. The maximum absolute atomic E-state index is 13.6. The first kappa shape index (κ1) is 17.0. The fraction of sp³-hybridized carbons (Fsp3) is 0.167. The molecule has 2 aromatic carbocycles. The molecular weight excluding hydrogens is 339 g/mol. The van der Waals surface area contributed by atoms with E-state index in [9.17, 15) is 9.18 Å². The van der Waals surface area contributed by atoms with Gasteiger partial charge in [-0.3, -0.25) is 14.5 Å². The predicted octanol–water partition coefficient (Wildman–Crippen LogP) is 3.37. The maximum atomic E-state index is 13.6. The molecule has 0 unspecified atom stereocenters. The average molecular weight is 356 g/mol. The largest absolute Gasteiger partial charge is 0.350 e. The van der Waals surface area contributed by atoms with Crippen molar-refractivity contribution in [1.29, 1.82) is 0 Å². The molecule has 3 aromatic rings. The van der Waals surface area contributed by atoms with Crippen LogP contribution in [0.5, 0.6) is 0 Å². The number of hydrogen-bond acceptors (Lipinski definition) is 3. The molecule has 7 heteroatoms. The number of hydrogen-bond donors (Lipinski definition) is 2. The van der Waals surface area contributed by atoms with Crippen LogP contribution in [0.2, 0.25) is 0 Å². The van der Waals surface area contributed by atoms with E-state index in [0.29, 0.717) is 16.2 Å². The molecule has 2 N–H and O–H groups in total. The Morgan fingerprint density at radius 2 is 2.08 bits per heavy atom. The summed E-state index contributed by atoms with van der Waals surface area (Å²) in [4.78, 5) is 12.3. The number of H-pyrrole nitrogens is 1. The summed E-state index contributed by atoms with van der Waals surface area (Å²) in [5, 5.41) is 9.65. The van der Waals surface area contributed by atoms with E-state index in [4.69, 9.17) is 12.2 Å². The summed E-state index contributed by atoms with van der Waals surface area (Å²) in [7, 11) is 0. The summed E-state index contributed by atoms with van der Waals surface area (Å²) < 4.78 is 15.6. The van der Waals surface area contributed by atoms with Crippen LogP contribution in [-0.2, 0) is 17.9 Å². The first-order valence-corrected chi connectivity index (χ1v) is 8.18. The summed E-state index contributed by atoms with van der Waals surface area (Å²) >= 11 is 5.23. The Bertz CT molecular complexity index is 963. The van der Waals surface area contributed by atoms with Gasteiger partial charge in [0.1, 0.15) is 12.4 Å². The molecule has 0 saturated heterocycles. The lowest BCUT2D eigenvalue weighted by Gasteiger charge is -2.09. The van der Waals surface area contributed by atoms with Crippen molar-refractivity contribution in [3.8, 4) is 11.4 Å². The van der Waals surface area contributed by atoms with Gasteiger partial charge >= 0.3 is 0 Å². The van der Waals surface area contributed by atoms with Crippen molar-refractivity contribution in [2.45, 2.75) is 20.0 Å². The van der Waals surface area contributed by atoms with Gasteiger partial charge in [-0.2, -0.15) is 5.10 Å². The third-order valence-corrected chi connectivity index (χ3v) is 4.08. The van der Waals surface area contributed by atoms with Gasteiger partial charge in [0.15, 0.2) is 10.6 Å². The highest BCUT2D eigenvalue weighted by Crippen LogP contribution is 2.18. The highest BCUT2D eigenvalue weighted by atomic mass is 32.1. The molecular formula is C18H17FN4OS. The van der Waals surface area contributed by atoms with Crippen LogP contribution in [0.15, 0.2) is 48.5 Å². The molecule has 0 aliphatic heterocycles. The quantitative estimate of drug-likeness (QED) is 0.689. The van der Waals surface area contributed by atoms with E-state index in [2.05, 4.69) is 15.5 Å². The molecule has 0 aliphatic rings. The van der Waals surface area contributed by atoms with Crippen molar-refractivity contribution < 1.29 is 9.18 Å². The van der Waals surface area contributed by atoms with E-state index in [1.54, 1.807) is 22.8 Å². The normalized spacial score (nSPS) is 10.6. The molecule has 1 amide bonds. The van der Waals surface area contributed by atoms with Gasteiger partial charge in [0.25, 0.3) is 0 Å². The average Bonchev–Trinajstić information content (AvgIpc) is 2.95. The summed E-state index contributed by atoms with van der Waals surface area (Å²) in [6.45, 7) is 2.11. The monoisotopic (exact) mass is 356 g/mol. The highest BCUT2D eigenvalue weighted by Gasteiger charge is 2.13. The number of halogens is 1. The second-order valence-electron chi connectivity index (χ2n) is 5.68. The van der Waals surface area contributed by atoms with Crippen molar-refractivity contribution in [3.63, 3.8) is 0 Å². The molecule has 0 saturated carbocycles. The zero-order valence-corrected chi connectivity index (χ0v) is 14.4. The van der Waals surface area contributed by atoms with E-state index in [0.717, 1.165) is 11.1 Å². The van der Waals surface area contributed by atoms with Crippen LogP contribution in [-0.4, -0.2) is 20.7 Å². The van der Waals surface area contributed by atoms with Crippen molar-refractivity contribution in [2.75, 3.05) is 0 Å². The minimum atomic E-state index is -0.344. The van der Waals surface area contributed by atoms with Crippen LogP contribution in [0.4, 0.5) is 4.39 Å². The van der Waals surface area contributed by atoms with Crippen molar-refractivity contribution >= 4 is 18.1 Å². The number of amides is 1. The number of nitrogens with one attached hydrogen (secondary N) is 2. The van der Waals surface area contributed by atoms with Crippen LogP contribution < -0.4 is 5.32 Å². The third-order valence-electron chi connectivity index (χ3n) is 3.77. The van der Waals surface area contributed by atoms with Crippen molar-refractivity contribution in [2.24, 2.45) is 0 Å². The number of carbonyl (C=O) groups is 1. The van der Waals surface area contributed by atoms with Gasteiger partial charge in [0.05, 0.1) is 0 Å². The van der Waals surface area contributed by atoms with Gasteiger partial charge in [-0.15, -0.1) is 0 Å². The van der Waals surface area contributed by atoms with Gasteiger partial charge < -0.3 is 5.32 Å². The Morgan fingerprint density at radius 3 is 2.84 bits per heavy atom. The van der Waals surface area contributed by atoms with Crippen molar-refractivity contribution in [3.05, 3.63) is 70.2 Å². The first-order chi connectivity index (χ1) is 12.0. The fourth-order valence-corrected chi connectivity index (χ4v) is 2.70. The lowest BCUT2D eigenvalue weighted by atomic mass is 10.1. The molecule has 0 radical (unpaired) electrons. The molecule has 5 nitrogen and oxygen atoms in total. The smallest absolute Gasteiger partial charge is 0.240 e. The molecule has 0 aliphatic carbocycles. The number of benzene rings is 2. The van der Waals surface area contributed by atoms with Crippen LogP contribution in [0.1, 0.15) is 11.1 Å².